The van der Waals surface area contributed by atoms with E-state index in [0.29, 0.717) is 0 Å². The van der Waals surface area contributed by atoms with Gasteiger partial charge in [0.05, 0.1) is 6.33 Å². The Bertz CT molecular complexity index is 653. The van der Waals surface area contributed by atoms with Crippen molar-refractivity contribution in [1.82, 2.24) is 20.2 Å². The van der Waals surface area contributed by atoms with Crippen molar-refractivity contribution in [1.29, 1.82) is 0 Å². The molecule has 25 heavy (non-hydrogen) atoms. The highest BCUT2D eigenvalue weighted by Crippen LogP contribution is 2.32. The fourth-order valence-corrected chi connectivity index (χ4v) is 3.58. The van der Waals surface area contributed by atoms with Crippen LogP contribution in [0.15, 0.2) is 57.3 Å². The topological polar surface area (TPSA) is 54.2 Å². The summed E-state index contributed by atoms with van der Waals surface area (Å²) in [6.07, 6.45) is 6.65. The van der Waals surface area contributed by atoms with Crippen molar-refractivity contribution in [3.63, 3.8) is 0 Å². The van der Waals surface area contributed by atoms with Crippen LogP contribution >= 0.6 is 27.7 Å². The van der Waals surface area contributed by atoms with Gasteiger partial charge in [-0.05, 0) is 44.5 Å². The Balaban J connectivity index is 1.71. The summed E-state index contributed by atoms with van der Waals surface area (Å²) in [5.41, 5.74) is 0. The lowest BCUT2D eigenvalue weighted by atomic mass is 10.2. The average Bonchev–Trinajstić information content (AvgIpc) is 3.09. The monoisotopic (exact) mass is 423 g/mol. The van der Waals surface area contributed by atoms with Gasteiger partial charge >= 0.3 is 0 Å². The number of aliphatic imine (C=N–C) groups is 1. The van der Waals surface area contributed by atoms with Gasteiger partial charge < -0.3 is 15.2 Å². The van der Waals surface area contributed by atoms with Crippen LogP contribution in [0.4, 0.5) is 0 Å². The summed E-state index contributed by atoms with van der Waals surface area (Å²) in [6, 6.07) is 8.43. The third-order valence-electron chi connectivity index (χ3n) is 3.56. The highest BCUT2D eigenvalue weighted by Gasteiger charge is 2.20. The summed E-state index contributed by atoms with van der Waals surface area (Å²) < 4.78 is 3.24. The van der Waals surface area contributed by atoms with E-state index in [-0.39, 0.29) is 4.75 Å². The maximum Gasteiger partial charge on any atom is 0.191 e. The minimum Gasteiger partial charge on any atom is -0.356 e. The number of aryl methyl sites for hydroxylation is 1. The van der Waals surface area contributed by atoms with Gasteiger partial charge in [0.2, 0.25) is 0 Å². The quantitative estimate of drug-likeness (QED) is 0.293. The van der Waals surface area contributed by atoms with Crippen LogP contribution in [0.3, 0.4) is 0 Å². The van der Waals surface area contributed by atoms with Crippen LogP contribution in [0.5, 0.6) is 0 Å². The highest BCUT2D eigenvalue weighted by molar-refractivity contribution is 9.10. The summed E-state index contributed by atoms with van der Waals surface area (Å²) in [5.74, 6) is 0.843. The van der Waals surface area contributed by atoms with E-state index in [9.17, 15) is 0 Å². The molecule has 0 aliphatic heterocycles. The van der Waals surface area contributed by atoms with Crippen molar-refractivity contribution in [3.05, 3.63) is 47.5 Å². The molecule has 2 N–H and O–H groups in total. The summed E-state index contributed by atoms with van der Waals surface area (Å²) in [7, 11) is 1.81. The molecule has 1 aromatic carbocycles. The van der Waals surface area contributed by atoms with Crippen molar-refractivity contribution < 1.29 is 0 Å². The van der Waals surface area contributed by atoms with Crippen molar-refractivity contribution in [2.45, 2.75) is 36.5 Å². The van der Waals surface area contributed by atoms with Gasteiger partial charge in [0.15, 0.2) is 5.96 Å². The lowest BCUT2D eigenvalue weighted by molar-refractivity contribution is 0.616. The van der Waals surface area contributed by atoms with Gasteiger partial charge in [0.25, 0.3) is 0 Å². The molecule has 2 rings (SSSR count). The predicted octanol–water partition coefficient (Wildman–Crippen LogP) is 3.77. The Kier molecular flexibility index (Phi) is 7.84. The van der Waals surface area contributed by atoms with Gasteiger partial charge in [-0.2, -0.15) is 0 Å². The van der Waals surface area contributed by atoms with Crippen LogP contribution in [-0.4, -0.2) is 40.4 Å². The van der Waals surface area contributed by atoms with E-state index in [2.05, 4.69) is 79.2 Å². The number of thioether (sulfide) groups is 1. The molecule has 2 aromatic rings. The van der Waals surface area contributed by atoms with Crippen molar-refractivity contribution in [2.75, 3.05) is 20.1 Å². The Morgan fingerprint density at radius 2 is 2.04 bits per heavy atom. The lowest BCUT2D eigenvalue weighted by Crippen LogP contribution is -2.43. The van der Waals surface area contributed by atoms with Crippen LogP contribution in [0.1, 0.15) is 20.3 Å². The number of hydrogen-bond donors (Lipinski definition) is 2. The molecule has 0 bridgehead atoms. The van der Waals surface area contributed by atoms with Crippen LogP contribution in [0.2, 0.25) is 0 Å². The molecule has 5 nitrogen and oxygen atoms in total. The summed E-state index contributed by atoms with van der Waals surface area (Å²) >= 11 is 5.33. The second kappa shape index (κ2) is 9.87. The molecule has 0 aliphatic rings. The molecule has 0 atom stereocenters. The van der Waals surface area contributed by atoms with Gasteiger partial charge in [0.1, 0.15) is 0 Å². The number of benzene rings is 1. The minimum atomic E-state index is 0.0578. The Morgan fingerprint density at radius 3 is 2.68 bits per heavy atom. The van der Waals surface area contributed by atoms with Crippen LogP contribution in [0.25, 0.3) is 0 Å². The van der Waals surface area contributed by atoms with E-state index in [4.69, 9.17) is 0 Å². The molecule has 0 amide bonds. The molecule has 0 aliphatic carbocycles. The first-order valence-electron chi connectivity index (χ1n) is 8.33. The minimum absolute atomic E-state index is 0.0578. The van der Waals surface area contributed by atoms with E-state index in [1.807, 2.05) is 24.3 Å². The highest BCUT2D eigenvalue weighted by atomic mass is 79.9. The Hall–Kier alpha value is -1.47. The van der Waals surface area contributed by atoms with Crippen molar-refractivity contribution in [3.8, 4) is 0 Å². The van der Waals surface area contributed by atoms with E-state index >= 15 is 0 Å². The third-order valence-corrected chi connectivity index (χ3v) is 5.29. The molecular weight excluding hydrogens is 398 g/mol. The van der Waals surface area contributed by atoms with Crippen molar-refractivity contribution in [2.24, 2.45) is 4.99 Å². The molecule has 0 fully saturated rings. The zero-order valence-corrected chi connectivity index (χ0v) is 17.4. The van der Waals surface area contributed by atoms with E-state index in [1.54, 1.807) is 13.2 Å². The number of imidazole rings is 1. The zero-order valence-electron chi connectivity index (χ0n) is 15.0. The molecule has 7 heteroatoms. The van der Waals surface area contributed by atoms with Crippen LogP contribution in [0, 0.1) is 0 Å². The maximum atomic E-state index is 4.30. The molecule has 0 saturated carbocycles. The smallest absolute Gasteiger partial charge is 0.191 e. The first kappa shape index (κ1) is 19.8. The number of guanidine groups is 1. The van der Waals surface area contributed by atoms with Gasteiger partial charge in [0, 0.05) is 53.2 Å². The fourth-order valence-electron chi connectivity index (χ4n) is 2.26. The Morgan fingerprint density at radius 1 is 1.28 bits per heavy atom. The molecule has 0 spiro atoms. The number of nitrogens with zero attached hydrogens (tertiary/aromatic N) is 3. The maximum absolute atomic E-state index is 4.30. The van der Waals surface area contributed by atoms with E-state index < -0.39 is 0 Å². The number of halogens is 1. The van der Waals surface area contributed by atoms with Gasteiger partial charge in [-0.25, -0.2) is 4.98 Å². The molecule has 0 unspecified atom stereocenters. The number of hydrogen-bond acceptors (Lipinski definition) is 3. The number of nitrogens with one attached hydrogen (secondary N) is 2. The third kappa shape index (κ3) is 7.52. The van der Waals surface area contributed by atoms with Crippen molar-refractivity contribution >= 4 is 33.7 Å². The van der Waals surface area contributed by atoms with E-state index in [0.717, 1.165) is 36.5 Å². The molecule has 136 valence electrons. The fraction of sp³-hybridized carbons (Fsp3) is 0.444. The second-order valence-electron chi connectivity index (χ2n) is 6.32. The summed E-state index contributed by atoms with van der Waals surface area (Å²) in [5, 5.41) is 6.79. The van der Waals surface area contributed by atoms with E-state index in [1.165, 1.54) is 4.90 Å². The molecule has 1 aromatic heterocycles. The lowest BCUT2D eigenvalue weighted by Gasteiger charge is -2.25. The first-order chi connectivity index (χ1) is 12.0. The van der Waals surface area contributed by atoms with Gasteiger partial charge in [-0.3, -0.25) is 4.99 Å². The Labute approximate surface area is 162 Å². The second-order valence-corrected chi connectivity index (χ2v) is 9.02. The van der Waals surface area contributed by atoms with Crippen LogP contribution < -0.4 is 10.6 Å². The normalized spacial score (nSPS) is 12.2. The molecule has 1 heterocycles. The largest absolute Gasteiger partial charge is 0.356 e. The molecule has 0 radical (unpaired) electrons. The van der Waals surface area contributed by atoms with Gasteiger partial charge in [-0.15, -0.1) is 11.8 Å². The average molecular weight is 424 g/mol. The summed E-state index contributed by atoms with van der Waals surface area (Å²) in [4.78, 5) is 9.62. The SMILES string of the molecule is CN=C(NCCCn1ccnc1)NCC(C)(C)Sc1ccc(Br)cc1. The standard InChI is InChI=1S/C18H26BrN5S/c1-18(2,25-16-7-5-15(19)6-8-16)13-23-17(20-3)22-9-4-11-24-12-10-21-14-24/h5-8,10,12,14H,4,9,11,13H2,1-3H3,(H2,20,22,23). The number of aromatic nitrogens is 2. The first-order valence-corrected chi connectivity index (χ1v) is 9.94. The van der Waals surface area contributed by atoms with Gasteiger partial charge in [-0.1, -0.05) is 15.9 Å². The summed E-state index contributed by atoms with van der Waals surface area (Å²) in [6.45, 7) is 7.13. The zero-order chi connectivity index (χ0) is 18.1. The molecule has 0 saturated heterocycles. The molecular formula is C18H26BrN5S. The van der Waals surface area contributed by atoms with Crippen LogP contribution in [-0.2, 0) is 6.54 Å². The predicted molar refractivity (Wildman–Crippen MR) is 110 cm³/mol. The number of rotatable bonds is 8.